The number of carbonyl (C=O) groups is 2. The number of aromatic nitrogens is 1. The molecule has 0 saturated carbocycles. The van der Waals surface area contributed by atoms with Crippen molar-refractivity contribution in [3.8, 4) is 0 Å². The van der Waals surface area contributed by atoms with E-state index in [1.807, 2.05) is 0 Å². The van der Waals surface area contributed by atoms with E-state index in [4.69, 9.17) is 11.6 Å². The molecule has 0 radical (unpaired) electrons. The van der Waals surface area contributed by atoms with E-state index in [-0.39, 0.29) is 29.5 Å². The van der Waals surface area contributed by atoms with Gasteiger partial charge in [-0.25, -0.2) is 19.0 Å². The molecular formula is C20H20ClFN4O3. The molecule has 1 aromatic heterocycles. The molecule has 3 heterocycles. The van der Waals surface area contributed by atoms with Crippen LogP contribution in [0.25, 0.3) is 0 Å². The van der Waals surface area contributed by atoms with Crippen molar-refractivity contribution < 1.29 is 19.1 Å². The maximum absolute atomic E-state index is 14.6. The van der Waals surface area contributed by atoms with Gasteiger partial charge in [0.25, 0.3) is 0 Å². The number of rotatable bonds is 2. The quantitative estimate of drug-likeness (QED) is 0.739. The minimum atomic E-state index is -0.968. The minimum Gasteiger partial charge on any atom is -0.465 e. The first kappa shape index (κ1) is 19.4. The number of piperidine rings is 1. The fraction of sp³-hybridized carbons (Fsp3) is 0.350. The van der Waals surface area contributed by atoms with E-state index in [2.05, 4.69) is 4.98 Å². The minimum absolute atomic E-state index is 0.185. The summed E-state index contributed by atoms with van der Waals surface area (Å²) in [4.78, 5) is 33.2. The van der Waals surface area contributed by atoms with E-state index >= 15 is 0 Å². The first-order valence-corrected chi connectivity index (χ1v) is 9.72. The van der Waals surface area contributed by atoms with Crippen molar-refractivity contribution in [3.05, 3.63) is 52.6 Å². The number of pyridine rings is 1. The summed E-state index contributed by atoms with van der Waals surface area (Å²) in [6, 6.07) is 5.78. The van der Waals surface area contributed by atoms with Crippen LogP contribution in [0.3, 0.4) is 0 Å². The van der Waals surface area contributed by atoms with E-state index in [0.29, 0.717) is 37.2 Å². The van der Waals surface area contributed by atoms with Gasteiger partial charge in [0.05, 0.1) is 17.9 Å². The summed E-state index contributed by atoms with van der Waals surface area (Å²) < 4.78 is 14.6. The molecule has 2 aliphatic rings. The van der Waals surface area contributed by atoms with Gasteiger partial charge in [0.2, 0.25) is 0 Å². The standard InChI is InChI=1S/C20H20ClFN4O3/c1-12-3-2-4-15(22)18(12)25-11-13-10-23-17(21)9-16(13)26(19(25)27)14-5-7-24(8-6-14)20(28)29/h2-4,9-10,14H,5-8,11H2,1H3,(H,28,29). The molecular weight excluding hydrogens is 399 g/mol. The maximum Gasteiger partial charge on any atom is 0.407 e. The predicted molar refractivity (Wildman–Crippen MR) is 107 cm³/mol. The second kappa shape index (κ2) is 7.51. The van der Waals surface area contributed by atoms with Crippen LogP contribution in [-0.2, 0) is 6.54 Å². The van der Waals surface area contributed by atoms with E-state index in [0.717, 1.165) is 5.56 Å². The van der Waals surface area contributed by atoms with Gasteiger partial charge in [-0.15, -0.1) is 0 Å². The Labute approximate surface area is 172 Å². The van der Waals surface area contributed by atoms with Gasteiger partial charge in [-0.05, 0) is 37.5 Å². The lowest BCUT2D eigenvalue weighted by molar-refractivity contribution is 0.132. The summed E-state index contributed by atoms with van der Waals surface area (Å²) in [6.07, 6.45) is 1.61. The number of anilines is 2. The molecule has 3 amide bonds. The van der Waals surface area contributed by atoms with E-state index < -0.39 is 11.9 Å². The Balaban J connectivity index is 1.74. The molecule has 7 nitrogen and oxygen atoms in total. The molecule has 2 aromatic rings. The molecule has 0 unspecified atom stereocenters. The van der Waals surface area contributed by atoms with Crippen LogP contribution in [0.15, 0.2) is 30.5 Å². The van der Waals surface area contributed by atoms with Gasteiger partial charge in [-0.2, -0.15) is 0 Å². The average Bonchev–Trinajstić information content (AvgIpc) is 2.68. The number of halogens is 2. The topological polar surface area (TPSA) is 77.0 Å². The van der Waals surface area contributed by atoms with Gasteiger partial charge >= 0.3 is 12.1 Å². The summed E-state index contributed by atoms with van der Waals surface area (Å²) in [5, 5.41) is 9.47. The monoisotopic (exact) mass is 418 g/mol. The van der Waals surface area contributed by atoms with Crippen molar-refractivity contribution in [3.63, 3.8) is 0 Å². The molecule has 0 aliphatic carbocycles. The Morgan fingerprint density at radius 2 is 2.03 bits per heavy atom. The number of hydrogen-bond donors (Lipinski definition) is 1. The second-order valence-electron chi connectivity index (χ2n) is 7.28. The largest absolute Gasteiger partial charge is 0.465 e. The van der Waals surface area contributed by atoms with Crippen LogP contribution < -0.4 is 9.80 Å². The third-order valence-corrected chi connectivity index (χ3v) is 5.72. The number of carboxylic acid groups (broad SMARTS) is 1. The number of carbonyl (C=O) groups excluding carboxylic acids is 1. The van der Waals surface area contributed by atoms with Crippen LogP contribution in [0.1, 0.15) is 24.0 Å². The zero-order valence-corrected chi connectivity index (χ0v) is 16.6. The van der Waals surface area contributed by atoms with E-state index in [9.17, 15) is 19.1 Å². The van der Waals surface area contributed by atoms with Crippen LogP contribution in [0.4, 0.5) is 25.4 Å². The summed E-state index contributed by atoms with van der Waals surface area (Å²) in [6.45, 7) is 2.61. The molecule has 29 heavy (non-hydrogen) atoms. The second-order valence-corrected chi connectivity index (χ2v) is 7.67. The highest BCUT2D eigenvalue weighted by molar-refractivity contribution is 6.29. The van der Waals surface area contributed by atoms with Crippen LogP contribution in [0, 0.1) is 12.7 Å². The molecule has 0 spiro atoms. The van der Waals surface area contributed by atoms with Gasteiger partial charge in [-0.1, -0.05) is 23.7 Å². The first-order valence-electron chi connectivity index (χ1n) is 9.35. The third-order valence-electron chi connectivity index (χ3n) is 5.51. The molecule has 1 aromatic carbocycles. The van der Waals surface area contributed by atoms with Crippen molar-refractivity contribution in [2.45, 2.75) is 32.4 Å². The highest BCUT2D eigenvalue weighted by atomic mass is 35.5. The van der Waals surface area contributed by atoms with Crippen molar-refractivity contribution in [1.82, 2.24) is 9.88 Å². The number of hydrogen-bond acceptors (Lipinski definition) is 3. The molecule has 2 aliphatic heterocycles. The first-order chi connectivity index (χ1) is 13.9. The number of amides is 3. The van der Waals surface area contributed by atoms with Crippen LogP contribution >= 0.6 is 11.6 Å². The number of para-hydroxylation sites is 1. The Kier molecular flexibility index (Phi) is 5.04. The van der Waals surface area contributed by atoms with Crippen LogP contribution in [-0.4, -0.2) is 46.2 Å². The predicted octanol–water partition coefficient (Wildman–Crippen LogP) is 4.27. The Bertz CT molecular complexity index is 958. The number of benzene rings is 1. The zero-order chi connectivity index (χ0) is 20.7. The molecule has 1 N–H and O–H groups in total. The summed E-state index contributed by atoms with van der Waals surface area (Å²) in [5.74, 6) is -0.468. The molecule has 1 saturated heterocycles. The van der Waals surface area contributed by atoms with E-state index in [1.54, 1.807) is 36.2 Å². The fourth-order valence-electron chi connectivity index (χ4n) is 4.07. The van der Waals surface area contributed by atoms with Crippen molar-refractivity contribution in [1.29, 1.82) is 0 Å². The SMILES string of the molecule is Cc1cccc(F)c1N1Cc2cnc(Cl)cc2N(C2CCN(C(=O)O)CC2)C1=O. The van der Waals surface area contributed by atoms with Crippen LogP contribution in [0.2, 0.25) is 5.15 Å². The van der Waals surface area contributed by atoms with Gasteiger partial charge in [0.1, 0.15) is 11.0 Å². The smallest absolute Gasteiger partial charge is 0.407 e. The maximum atomic E-state index is 14.6. The summed E-state index contributed by atoms with van der Waals surface area (Å²) in [7, 11) is 0. The fourth-order valence-corrected chi connectivity index (χ4v) is 4.23. The molecule has 1 fully saturated rings. The molecule has 0 atom stereocenters. The lowest BCUT2D eigenvalue weighted by atomic mass is 10.00. The van der Waals surface area contributed by atoms with Gasteiger partial charge in [0, 0.05) is 30.9 Å². The number of aryl methyl sites for hydroxylation is 1. The van der Waals surface area contributed by atoms with Crippen LogP contribution in [0.5, 0.6) is 0 Å². The highest BCUT2D eigenvalue weighted by Crippen LogP contribution is 2.38. The van der Waals surface area contributed by atoms with Crippen molar-refractivity contribution >= 4 is 35.1 Å². The average molecular weight is 419 g/mol. The molecule has 152 valence electrons. The summed E-state index contributed by atoms with van der Waals surface area (Å²) in [5.41, 5.74) is 2.31. The number of fused-ring (bicyclic) bond motifs is 1. The number of urea groups is 1. The normalized spacial score (nSPS) is 17.5. The number of likely N-dealkylation sites (tertiary alicyclic amines) is 1. The Morgan fingerprint density at radius 1 is 1.31 bits per heavy atom. The molecule has 9 heteroatoms. The van der Waals surface area contributed by atoms with Gasteiger partial charge in [-0.3, -0.25) is 9.80 Å². The lowest BCUT2D eigenvalue weighted by Crippen LogP contribution is -2.55. The number of nitrogens with zero attached hydrogens (tertiary/aromatic N) is 4. The Hall–Kier alpha value is -2.87. The van der Waals surface area contributed by atoms with Gasteiger partial charge < -0.3 is 10.0 Å². The Morgan fingerprint density at radius 3 is 2.69 bits per heavy atom. The molecule has 4 rings (SSSR count). The molecule has 0 bridgehead atoms. The van der Waals surface area contributed by atoms with Crippen molar-refractivity contribution in [2.75, 3.05) is 22.9 Å². The lowest BCUT2D eigenvalue weighted by Gasteiger charge is -2.43. The zero-order valence-electron chi connectivity index (χ0n) is 15.8. The van der Waals surface area contributed by atoms with E-state index in [1.165, 1.54) is 15.9 Å². The third kappa shape index (κ3) is 3.48. The summed E-state index contributed by atoms with van der Waals surface area (Å²) >= 11 is 6.09. The van der Waals surface area contributed by atoms with Gasteiger partial charge in [0.15, 0.2) is 0 Å². The highest BCUT2D eigenvalue weighted by Gasteiger charge is 2.39. The van der Waals surface area contributed by atoms with Crippen molar-refractivity contribution in [2.24, 2.45) is 0 Å².